The van der Waals surface area contributed by atoms with Gasteiger partial charge in [-0.1, -0.05) is 6.07 Å². The SMILES string of the molecule is COc1ccc(/C(O)=C2/C(=O)C(=O)N(Cc3cccs3)C2c2ccncc2)c(C)c1. The number of hydrogen-bond donors (Lipinski definition) is 1. The average molecular weight is 420 g/mol. The first-order valence-corrected chi connectivity index (χ1v) is 10.2. The zero-order chi connectivity index (χ0) is 21.3. The van der Waals surface area contributed by atoms with Gasteiger partial charge in [0.1, 0.15) is 11.5 Å². The molecule has 3 aromatic rings. The molecule has 0 aliphatic carbocycles. The number of aromatic nitrogens is 1. The van der Waals surface area contributed by atoms with E-state index in [0.717, 1.165) is 10.4 Å². The number of carbonyl (C=O) groups is 2. The number of thiophene rings is 1. The van der Waals surface area contributed by atoms with E-state index in [9.17, 15) is 14.7 Å². The summed E-state index contributed by atoms with van der Waals surface area (Å²) in [6.45, 7) is 2.11. The molecule has 0 spiro atoms. The quantitative estimate of drug-likeness (QED) is 0.382. The summed E-state index contributed by atoms with van der Waals surface area (Å²) in [7, 11) is 1.56. The van der Waals surface area contributed by atoms with Gasteiger partial charge < -0.3 is 14.7 Å². The molecule has 3 heterocycles. The fraction of sp³-hybridized carbons (Fsp3) is 0.174. The molecule has 1 amide bonds. The number of likely N-dealkylation sites (tertiary alicyclic amines) is 1. The fourth-order valence-corrected chi connectivity index (χ4v) is 4.38. The zero-order valence-electron chi connectivity index (χ0n) is 16.5. The highest BCUT2D eigenvalue weighted by molar-refractivity contribution is 7.09. The van der Waals surface area contributed by atoms with E-state index < -0.39 is 17.7 Å². The fourth-order valence-electron chi connectivity index (χ4n) is 3.68. The highest BCUT2D eigenvalue weighted by Crippen LogP contribution is 2.41. The van der Waals surface area contributed by atoms with Gasteiger partial charge in [0.15, 0.2) is 0 Å². The summed E-state index contributed by atoms with van der Waals surface area (Å²) in [5.41, 5.74) is 2.03. The van der Waals surface area contributed by atoms with Crippen LogP contribution in [0.25, 0.3) is 5.76 Å². The summed E-state index contributed by atoms with van der Waals surface area (Å²) in [6, 6.07) is 11.8. The van der Waals surface area contributed by atoms with Crippen molar-refractivity contribution in [3.63, 3.8) is 0 Å². The Labute approximate surface area is 178 Å². The number of rotatable bonds is 5. The third-order valence-electron chi connectivity index (χ3n) is 5.16. The van der Waals surface area contributed by atoms with E-state index >= 15 is 0 Å². The number of aryl methyl sites for hydroxylation is 1. The highest BCUT2D eigenvalue weighted by Gasteiger charge is 2.46. The minimum atomic E-state index is -0.698. The van der Waals surface area contributed by atoms with Crippen molar-refractivity contribution in [1.29, 1.82) is 0 Å². The van der Waals surface area contributed by atoms with E-state index in [2.05, 4.69) is 4.98 Å². The number of pyridine rings is 1. The van der Waals surface area contributed by atoms with Crippen LogP contribution in [-0.2, 0) is 16.1 Å². The first-order valence-electron chi connectivity index (χ1n) is 9.37. The second-order valence-corrected chi connectivity index (χ2v) is 8.00. The molecule has 4 rings (SSSR count). The van der Waals surface area contributed by atoms with Gasteiger partial charge in [0, 0.05) is 22.8 Å². The number of amides is 1. The number of benzene rings is 1. The lowest BCUT2D eigenvalue weighted by Crippen LogP contribution is -2.28. The summed E-state index contributed by atoms with van der Waals surface area (Å²) in [5, 5.41) is 13.1. The van der Waals surface area contributed by atoms with Crippen LogP contribution in [0.3, 0.4) is 0 Å². The summed E-state index contributed by atoms with van der Waals surface area (Å²) in [6.07, 6.45) is 3.22. The smallest absolute Gasteiger partial charge is 0.295 e. The molecule has 0 radical (unpaired) electrons. The maximum Gasteiger partial charge on any atom is 0.295 e. The minimum Gasteiger partial charge on any atom is -0.507 e. The van der Waals surface area contributed by atoms with Crippen molar-refractivity contribution in [3.8, 4) is 5.75 Å². The van der Waals surface area contributed by atoms with Crippen LogP contribution in [0.1, 0.15) is 27.6 Å². The number of aliphatic hydroxyl groups is 1. The lowest BCUT2D eigenvalue weighted by Gasteiger charge is -2.25. The number of aliphatic hydroxyl groups excluding tert-OH is 1. The Morgan fingerprint density at radius 3 is 2.60 bits per heavy atom. The second kappa shape index (κ2) is 8.12. The maximum absolute atomic E-state index is 13.0. The number of ether oxygens (including phenoxy) is 1. The Bertz CT molecular complexity index is 1120. The van der Waals surface area contributed by atoms with E-state index in [4.69, 9.17) is 4.74 Å². The standard InChI is InChI=1S/C23H20N2O4S/c1-14-12-16(29-2)5-6-18(14)21(26)19-20(15-7-9-24-10-8-15)25(23(28)22(19)27)13-17-4-3-11-30-17/h3-12,20,26H,13H2,1-2H3/b21-19-. The average Bonchev–Trinajstić information content (AvgIpc) is 3.36. The van der Waals surface area contributed by atoms with Crippen LogP contribution in [0.5, 0.6) is 5.75 Å². The highest BCUT2D eigenvalue weighted by atomic mass is 32.1. The van der Waals surface area contributed by atoms with E-state index in [1.54, 1.807) is 49.8 Å². The first kappa shape index (κ1) is 19.8. The molecule has 152 valence electrons. The molecule has 0 bridgehead atoms. The van der Waals surface area contributed by atoms with E-state index in [0.29, 0.717) is 16.9 Å². The van der Waals surface area contributed by atoms with Crippen molar-refractivity contribution in [2.75, 3.05) is 7.11 Å². The number of carbonyl (C=O) groups excluding carboxylic acids is 2. The number of nitrogens with zero attached hydrogens (tertiary/aromatic N) is 2. The van der Waals surface area contributed by atoms with Gasteiger partial charge in [0.05, 0.1) is 25.3 Å². The van der Waals surface area contributed by atoms with E-state index in [-0.39, 0.29) is 17.9 Å². The molecular formula is C23H20N2O4S. The number of ketones is 1. The number of methoxy groups -OCH3 is 1. The Morgan fingerprint density at radius 1 is 1.20 bits per heavy atom. The van der Waals surface area contributed by atoms with Crippen molar-refractivity contribution in [1.82, 2.24) is 9.88 Å². The molecule has 1 aliphatic rings. The molecule has 1 aromatic carbocycles. The van der Waals surface area contributed by atoms with Gasteiger partial charge in [-0.15, -0.1) is 11.3 Å². The predicted molar refractivity (Wildman–Crippen MR) is 114 cm³/mol. The molecule has 6 nitrogen and oxygen atoms in total. The Balaban J connectivity index is 1.87. The molecule has 1 saturated heterocycles. The lowest BCUT2D eigenvalue weighted by atomic mass is 9.94. The van der Waals surface area contributed by atoms with Crippen molar-refractivity contribution >= 4 is 28.8 Å². The number of hydrogen-bond acceptors (Lipinski definition) is 6. The topological polar surface area (TPSA) is 79.7 Å². The normalized spacial score (nSPS) is 18.1. The third-order valence-corrected chi connectivity index (χ3v) is 6.02. The molecule has 2 aromatic heterocycles. The van der Waals surface area contributed by atoms with Gasteiger partial charge in [-0.2, -0.15) is 0 Å². The van der Waals surface area contributed by atoms with Crippen molar-refractivity contribution in [2.45, 2.75) is 19.5 Å². The van der Waals surface area contributed by atoms with Crippen molar-refractivity contribution in [3.05, 3.63) is 87.4 Å². The monoisotopic (exact) mass is 420 g/mol. The Kier molecular flexibility index (Phi) is 5.37. The maximum atomic E-state index is 13.0. The Morgan fingerprint density at radius 2 is 1.97 bits per heavy atom. The summed E-state index contributed by atoms with van der Waals surface area (Å²) >= 11 is 1.51. The zero-order valence-corrected chi connectivity index (χ0v) is 17.3. The van der Waals surface area contributed by atoms with Gasteiger partial charge in [-0.3, -0.25) is 14.6 Å². The third kappa shape index (κ3) is 3.48. The minimum absolute atomic E-state index is 0.0797. The first-order chi connectivity index (χ1) is 14.5. The molecule has 0 saturated carbocycles. The second-order valence-electron chi connectivity index (χ2n) is 6.97. The van der Waals surface area contributed by atoms with Crippen molar-refractivity contribution < 1.29 is 19.4 Å². The molecule has 1 atom stereocenters. The van der Waals surface area contributed by atoms with Crippen LogP contribution in [0.15, 0.2) is 65.8 Å². The van der Waals surface area contributed by atoms with Crippen LogP contribution >= 0.6 is 11.3 Å². The van der Waals surface area contributed by atoms with Crippen LogP contribution < -0.4 is 4.74 Å². The molecule has 1 unspecified atom stereocenters. The molecule has 7 heteroatoms. The van der Waals surface area contributed by atoms with Crippen LogP contribution in [0.2, 0.25) is 0 Å². The van der Waals surface area contributed by atoms with Gasteiger partial charge in [0.25, 0.3) is 11.7 Å². The van der Waals surface area contributed by atoms with Crippen molar-refractivity contribution in [2.24, 2.45) is 0 Å². The molecule has 30 heavy (non-hydrogen) atoms. The molecule has 1 aliphatic heterocycles. The van der Waals surface area contributed by atoms with Gasteiger partial charge in [-0.05, 0) is 59.8 Å². The summed E-state index contributed by atoms with van der Waals surface area (Å²) < 4.78 is 5.23. The molecular weight excluding hydrogens is 400 g/mol. The number of Topliss-reactive ketones (excluding diaryl/α,β-unsaturated/α-hetero) is 1. The molecule has 1 N–H and O–H groups in total. The van der Waals surface area contributed by atoms with E-state index in [1.807, 2.05) is 24.4 Å². The molecule has 1 fully saturated rings. The van der Waals surface area contributed by atoms with Crippen LogP contribution in [0, 0.1) is 6.92 Å². The van der Waals surface area contributed by atoms with Crippen LogP contribution in [-0.4, -0.2) is 33.8 Å². The Hall–Kier alpha value is -3.45. The van der Waals surface area contributed by atoms with Gasteiger partial charge in [0.2, 0.25) is 0 Å². The lowest BCUT2D eigenvalue weighted by molar-refractivity contribution is -0.140. The van der Waals surface area contributed by atoms with Gasteiger partial charge >= 0.3 is 0 Å². The van der Waals surface area contributed by atoms with E-state index in [1.165, 1.54) is 16.2 Å². The summed E-state index contributed by atoms with van der Waals surface area (Å²) in [5.74, 6) is -0.865. The predicted octanol–water partition coefficient (Wildman–Crippen LogP) is 4.08. The summed E-state index contributed by atoms with van der Waals surface area (Å²) in [4.78, 5) is 32.5. The van der Waals surface area contributed by atoms with Gasteiger partial charge in [-0.25, -0.2) is 0 Å². The largest absolute Gasteiger partial charge is 0.507 e. The van der Waals surface area contributed by atoms with Crippen LogP contribution in [0.4, 0.5) is 0 Å².